The number of amides is 1. The molecule has 0 unspecified atom stereocenters. The van der Waals surface area contributed by atoms with Crippen molar-refractivity contribution in [1.82, 2.24) is 15.5 Å². The zero-order valence-electron chi connectivity index (χ0n) is 16.5. The Labute approximate surface area is 190 Å². The van der Waals surface area contributed by atoms with Gasteiger partial charge in [-0.25, -0.2) is 0 Å². The second-order valence-corrected chi connectivity index (χ2v) is 7.57. The molecule has 1 saturated heterocycles. The highest BCUT2D eigenvalue weighted by Gasteiger charge is 2.23. The number of nitrogens with zero attached hydrogens (tertiary/aromatic N) is 3. The summed E-state index contributed by atoms with van der Waals surface area (Å²) in [6.07, 6.45) is 3.61. The summed E-state index contributed by atoms with van der Waals surface area (Å²) in [4.78, 5) is 21.1. The fraction of sp³-hybridized carbons (Fsp3) is 0.600. The SMILES string of the molecule is CCNC(=NCCCC(=O)NC1CC1)N1CCN(c2cccc(Cl)c2)CC1.I. The molecule has 1 heterocycles. The van der Waals surface area contributed by atoms with Crippen LogP contribution in [0.25, 0.3) is 0 Å². The third kappa shape index (κ3) is 7.31. The van der Waals surface area contributed by atoms with Crippen molar-refractivity contribution in [2.75, 3.05) is 44.2 Å². The number of benzene rings is 1. The maximum Gasteiger partial charge on any atom is 0.220 e. The summed E-state index contributed by atoms with van der Waals surface area (Å²) in [5, 5.41) is 7.18. The molecular formula is C20H31ClIN5O. The molecule has 0 aromatic heterocycles. The van der Waals surface area contributed by atoms with Gasteiger partial charge in [0.2, 0.25) is 5.91 Å². The van der Waals surface area contributed by atoms with Crippen LogP contribution in [0.15, 0.2) is 29.3 Å². The highest BCUT2D eigenvalue weighted by Crippen LogP contribution is 2.21. The van der Waals surface area contributed by atoms with Crippen LogP contribution in [0.1, 0.15) is 32.6 Å². The second kappa shape index (κ2) is 11.7. The molecule has 6 nitrogen and oxygen atoms in total. The minimum atomic E-state index is 0. The first-order chi connectivity index (χ1) is 13.2. The molecule has 2 aliphatic rings. The zero-order chi connectivity index (χ0) is 19.1. The second-order valence-electron chi connectivity index (χ2n) is 7.13. The molecule has 156 valence electrons. The Morgan fingerprint density at radius 1 is 1.25 bits per heavy atom. The van der Waals surface area contributed by atoms with Gasteiger partial charge in [0.1, 0.15) is 0 Å². The van der Waals surface area contributed by atoms with Gasteiger partial charge in [-0.2, -0.15) is 0 Å². The summed E-state index contributed by atoms with van der Waals surface area (Å²) in [5.74, 6) is 1.11. The standard InChI is InChI=1S/C20H30ClN5O.HI/c1-2-22-20(23-10-4-7-19(27)24-17-8-9-17)26-13-11-25(12-14-26)18-6-3-5-16(21)15-18;/h3,5-6,15,17H,2,4,7-14H2,1H3,(H,22,23)(H,24,27);1H. The molecule has 1 aliphatic carbocycles. The average Bonchev–Trinajstić information content (AvgIpc) is 3.48. The summed E-state index contributed by atoms with van der Waals surface area (Å²) in [5.41, 5.74) is 1.17. The van der Waals surface area contributed by atoms with Crippen molar-refractivity contribution >= 4 is 53.1 Å². The molecular weight excluding hydrogens is 489 g/mol. The largest absolute Gasteiger partial charge is 0.368 e. The number of nitrogens with one attached hydrogen (secondary N) is 2. The van der Waals surface area contributed by atoms with E-state index in [1.54, 1.807) is 0 Å². The van der Waals surface area contributed by atoms with Crippen molar-refractivity contribution < 1.29 is 4.79 Å². The van der Waals surface area contributed by atoms with E-state index in [0.29, 0.717) is 19.0 Å². The van der Waals surface area contributed by atoms with E-state index in [0.717, 1.165) is 63.0 Å². The van der Waals surface area contributed by atoms with E-state index in [-0.39, 0.29) is 29.9 Å². The third-order valence-electron chi connectivity index (χ3n) is 4.85. The Kier molecular flexibility index (Phi) is 9.64. The Hall–Kier alpha value is -1.22. The van der Waals surface area contributed by atoms with Gasteiger partial charge in [-0.1, -0.05) is 17.7 Å². The van der Waals surface area contributed by atoms with Crippen LogP contribution < -0.4 is 15.5 Å². The van der Waals surface area contributed by atoms with Gasteiger partial charge in [0.05, 0.1) is 0 Å². The van der Waals surface area contributed by atoms with Gasteiger partial charge < -0.3 is 20.4 Å². The van der Waals surface area contributed by atoms with E-state index < -0.39 is 0 Å². The molecule has 1 amide bonds. The molecule has 3 rings (SSSR count). The van der Waals surface area contributed by atoms with Crippen LogP contribution in [0, 0.1) is 0 Å². The Bertz CT molecular complexity index is 660. The Morgan fingerprint density at radius 2 is 2.00 bits per heavy atom. The fourth-order valence-corrected chi connectivity index (χ4v) is 3.41. The number of halogens is 2. The van der Waals surface area contributed by atoms with Crippen LogP contribution in [0.4, 0.5) is 5.69 Å². The maximum atomic E-state index is 11.8. The van der Waals surface area contributed by atoms with Gasteiger partial charge in [0, 0.05) is 62.4 Å². The number of piperazine rings is 1. The zero-order valence-corrected chi connectivity index (χ0v) is 19.6. The number of hydrogen-bond donors (Lipinski definition) is 2. The normalized spacial score (nSPS) is 17.1. The number of hydrogen-bond acceptors (Lipinski definition) is 3. The monoisotopic (exact) mass is 519 g/mol. The summed E-state index contributed by atoms with van der Waals surface area (Å²) >= 11 is 6.11. The molecule has 28 heavy (non-hydrogen) atoms. The van der Waals surface area contributed by atoms with E-state index >= 15 is 0 Å². The number of carbonyl (C=O) groups is 1. The smallest absolute Gasteiger partial charge is 0.220 e. The van der Waals surface area contributed by atoms with E-state index in [2.05, 4.69) is 33.4 Å². The molecule has 2 N–H and O–H groups in total. The topological polar surface area (TPSA) is 60.0 Å². The van der Waals surface area contributed by atoms with E-state index in [4.69, 9.17) is 16.6 Å². The minimum absolute atomic E-state index is 0. The van der Waals surface area contributed by atoms with Gasteiger partial charge in [0.25, 0.3) is 0 Å². The van der Waals surface area contributed by atoms with Crippen LogP contribution in [0.5, 0.6) is 0 Å². The molecule has 1 aromatic rings. The van der Waals surface area contributed by atoms with Crippen molar-refractivity contribution in [3.05, 3.63) is 29.3 Å². The lowest BCUT2D eigenvalue weighted by Gasteiger charge is -2.37. The van der Waals surface area contributed by atoms with Crippen molar-refractivity contribution in [3.63, 3.8) is 0 Å². The summed E-state index contributed by atoms with van der Waals surface area (Å²) in [6.45, 7) is 7.31. The molecule has 0 spiro atoms. The molecule has 0 atom stereocenters. The number of aliphatic imine (C=N–C) groups is 1. The number of carbonyl (C=O) groups excluding carboxylic acids is 1. The lowest BCUT2D eigenvalue weighted by atomic mass is 10.2. The Balaban J connectivity index is 0.00000280. The molecule has 1 saturated carbocycles. The number of rotatable bonds is 7. The summed E-state index contributed by atoms with van der Waals surface area (Å²) < 4.78 is 0. The van der Waals surface area contributed by atoms with Crippen molar-refractivity contribution in [2.45, 2.75) is 38.6 Å². The molecule has 0 bridgehead atoms. The molecule has 1 aromatic carbocycles. The van der Waals surface area contributed by atoms with Crippen molar-refractivity contribution in [1.29, 1.82) is 0 Å². The first-order valence-corrected chi connectivity index (χ1v) is 10.4. The predicted octanol–water partition coefficient (Wildman–Crippen LogP) is 3.10. The van der Waals surface area contributed by atoms with E-state index in [1.165, 1.54) is 5.69 Å². The summed E-state index contributed by atoms with van der Waals surface area (Å²) in [7, 11) is 0. The van der Waals surface area contributed by atoms with E-state index in [1.807, 2.05) is 18.2 Å². The third-order valence-corrected chi connectivity index (χ3v) is 5.09. The quantitative estimate of drug-likeness (QED) is 0.252. The minimum Gasteiger partial charge on any atom is -0.368 e. The van der Waals surface area contributed by atoms with Gasteiger partial charge in [-0.15, -0.1) is 24.0 Å². The van der Waals surface area contributed by atoms with Gasteiger partial charge in [0.15, 0.2) is 5.96 Å². The first kappa shape index (κ1) is 23.1. The van der Waals surface area contributed by atoms with Crippen molar-refractivity contribution in [2.24, 2.45) is 4.99 Å². The lowest BCUT2D eigenvalue weighted by Crippen LogP contribution is -2.52. The predicted molar refractivity (Wildman–Crippen MR) is 127 cm³/mol. The highest BCUT2D eigenvalue weighted by atomic mass is 127. The number of anilines is 1. The van der Waals surface area contributed by atoms with Crippen LogP contribution in [-0.2, 0) is 4.79 Å². The first-order valence-electron chi connectivity index (χ1n) is 9.99. The van der Waals surface area contributed by atoms with E-state index in [9.17, 15) is 4.79 Å². The van der Waals surface area contributed by atoms with Gasteiger partial charge in [-0.05, 0) is 44.4 Å². The summed E-state index contributed by atoms with van der Waals surface area (Å²) in [6, 6.07) is 8.46. The average molecular weight is 520 g/mol. The molecule has 8 heteroatoms. The van der Waals surface area contributed by atoms with Crippen LogP contribution in [0.3, 0.4) is 0 Å². The fourth-order valence-electron chi connectivity index (χ4n) is 3.23. The maximum absolute atomic E-state index is 11.8. The van der Waals surface area contributed by atoms with Gasteiger partial charge >= 0.3 is 0 Å². The highest BCUT2D eigenvalue weighted by molar-refractivity contribution is 14.0. The molecule has 2 fully saturated rings. The lowest BCUT2D eigenvalue weighted by molar-refractivity contribution is -0.121. The van der Waals surface area contributed by atoms with Crippen molar-refractivity contribution in [3.8, 4) is 0 Å². The van der Waals surface area contributed by atoms with Crippen LogP contribution in [-0.4, -0.2) is 62.1 Å². The molecule has 1 aliphatic heterocycles. The Morgan fingerprint density at radius 3 is 2.64 bits per heavy atom. The van der Waals surface area contributed by atoms with Gasteiger partial charge in [-0.3, -0.25) is 9.79 Å². The van der Waals surface area contributed by atoms with Crippen LogP contribution in [0.2, 0.25) is 5.02 Å². The number of guanidine groups is 1. The van der Waals surface area contributed by atoms with Crippen LogP contribution >= 0.6 is 35.6 Å². The molecule has 0 radical (unpaired) electrons.